The van der Waals surface area contributed by atoms with Gasteiger partial charge in [0.1, 0.15) is 0 Å². The van der Waals surface area contributed by atoms with Gasteiger partial charge < -0.3 is 5.73 Å². The maximum Gasteiger partial charge on any atom is 0.0258 e. The van der Waals surface area contributed by atoms with Gasteiger partial charge in [0.2, 0.25) is 0 Å². The molecule has 0 amide bonds. The number of halogens is 1. The van der Waals surface area contributed by atoms with Gasteiger partial charge in [0.05, 0.1) is 0 Å². The lowest BCUT2D eigenvalue weighted by molar-refractivity contribution is 1.07. The Hall–Kier alpha value is -0.790. The van der Waals surface area contributed by atoms with Gasteiger partial charge in [0.25, 0.3) is 0 Å². The highest BCUT2D eigenvalue weighted by Crippen LogP contribution is 2.06. The van der Waals surface area contributed by atoms with Crippen molar-refractivity contribution in [2.75, 3.05) is 5.88 Å². The number of alkyl halides is 1. The monoisotopic (exact) mass is 195 g/mol. The van der Waals surface area contributed by atoms with E-state index >= 15 is 0 Å². The maximum atomic E-state index is 5.55. The van der Waals surface area contributed by atoms with Crippen molar-refractivity contribution in [1.29, 1.82) is 0 Å². The standard InChI is InChI=1S/C11H14ClN/c12-8-2-1-3-10-4-6-11(9-13)7-5-10/h1,3-7H,2,8-9,13H2. The zero-order valence-corrected chi connectivity index (χ0v) is 8.30. The van der Waals surface area contributed by atoms with E-state index in [1.165, 1.54) is 5.56 Å². The Kier molecular flexibility index (Phi) is 4.58. The summed E-state index contributed by atoms with van der Waals surface area (Å²) in [6.07, 6.45) is 5.06. The van der Waals surface area contributed by atoms with Gasteiger partial charge in [0, 0.05) is 12.4 Å². The second-order valence-corrected chi connectivity index (χ2v) is 3.20. The highest BCUT2D eigenvalue weighted by atomic mass is 35.5. The number of allylic oxidation sites excluding steroid dienone is 1. The van der Waals surface area contributed by atoms with Crippen LogP contribution in [-0.4, -0.2) is 5.88 Å². The molecule has 2 heteroatoms. The summed E-state index contributed by atoms with van der Waals surface area (Å²) in [5.41, 5.74) is 7.84. The van der Waals surface area contributed by atoms with Crippen LogP contribution in [0.15, 0.2) is 30.3 Å². The van der Waals surface area contributed by atoms with Crippen LogP contribution in [-0.2, 0) is 6.54 Å². The quantitative estimate of drug-likeness (QED) is 0.735. The molecule has 0 aromatic heterocycles. The van der Waals surface area contributed by atoms with Crippen molar-refractivity contribution in [1.82, 2.24) is 0 Å². The number of benzene rings is 1. The molecule has 2 N–H and O–H groups in total. The van der Waals surface area contributed by atoms with Crippen molar-refractivity contribution < 1.29 is 0 Å². The molecule has 0 aliphatic rings. The van der Waals surface area contributed by atoms with Crippen LogP contribution in [0.3, 0.4) is 0 Å². The molecule has 0 radical (unpaired) electrons. The van der Waals surface area contributed by atoms with Gasteiger partial charge in [-0.1, -0.05) is 36.4 Å². The fraction of sp³-hybridized carbons (Fsp3) is 0.273. The third kappa shape index (κ3) is 3.62. The predicted molar refractivity (Wildman–Crippen MR) is 58.7 cm³/mol. The number of hydrogen-bond acceptors (Lipinski definition) is 1. The Bertz CT molecular complexity index is 264. The van der Waals surface area contributed by atoms with Gasteiger partial charge in [-0.25, -0.2) is 0 Å². The molecule has 0 saturated heterocycles. The molecule has 0 heterocycles. The molecule has 0 aliphatic heterocycles. The first-order chi connectivity index (χ1) is 6.36. The van der Waals surface area contributed by atoms with Crippen LogP contribution in [0.1, 0.15) is 17.5 Å². The minimum Gasteiger partial charge on any atom is -0.326 e. The molecule has 0 fully saturated rings. The topological polar surface area (TPSA) is 26.0 Å². The molecule has 0 saturated carbocycles. The van der Waals surface area contributed by atoms with Crippen LogP contribution < -0.4 is 5.73 Å². The van der Waals surface area contributed by atoms with E-state index in [0.29, 0.717) is 12.4 Å². The highest BCUT2D eigenvalue weighted by Gasteiger charge is 1.88. The van der Waals surface area contributed by atoms with E-state index in [2.05, 4.69) is 24.3 Å². The van der Waals surface area contributed by atoms with Gasteiger partial charge in [-0.2, -0.15) is 0 Å². The summed E-state index contributed by atoms with van der Waals surface area (Å²) in [7, 11) is 0. The van der Waals surface area contributed by atoms with E-state index < -0.39 is 0 Å². The van der Waals surface area contributed by atoms with E-state index in [9.17, 15) is 0 Å². The normalized spacial score (nSPS) is 10.9. The molecule has 1 aromatic rings. The van der Waals surface area contributed by atoms with Crippen LogP contribution in [0, 0.1) is 0 Å². The summed E-state index contributed by atoms with van der Waals surface area (Å²) >= 11 is 5.55. The molecule has 1 aromatic carbocycles. The second kappa shape index (κ2) is 5.79. The Labute approximate surface area is 84.2 Å². The Morgan fingerprint density at radius 3 is 2.46 bits per heavy atom. The molecular formula is C11H14ClN. The average Bonchev–Trinajstić information content (AvgIpc) is 2.19. The number of hydrogen-bond donors (Lipinski definition) is 1. The Morgan fingerprint density at radius 2 is 1.92 bits per heavy atom. The number of nitrogens with two attached hydrogens (primary N) is 1. The van der Waals surface area contributed by atoms with Gasteiger partial charge >= 0.3 is 0 Å². The van der Waals surface area contributed by atoms with Gasteiger partial charge in [0.15, 0.2) is 0 Å². The fourth-order valence-corrected chi connectivity index (χ4v) is 1.17. The van der Waals surface area contributed by atoms with Gasteiger partial charge in [-0.15, -0.1) is 11.6 Å². The van der Waals surface area contributed by atoms with Crippen molar-refractivity contribution >= 4 is 17.7 Å². The van der Waals surface area contributed by atoms with E-state index in [1.54, 1.807) is 0 Å². The zero-order valence-electron chi connectivity index (χ0n) is 7.54. The lowest BCUT2D eigenvalue weighted by Gasteiger charge is -1.96. The lowest BCUT2D eigenvalue weighted by Crippen LogP contribution is -1.94. The van der Waals surface area contributed by atoms with Crippen molar-refractivity contribution in [2.45, 2.75) is 13.0 Å². The predicted octanol–water partition coefficient (Wildman–Crippen LogP) is 2.79. The molecule has 0 spiro atoms. The molecular weight excluding hydrogens is 182 g/mol. The molecule has 0 aliphatic carbocycles. The van der Waals surface area contributed by atoms with E-state index in [0.717, 1.165) is 12.0 Å². The fourth-order valence-electron chi connectivity index (χ4n) is 1.05. The summed E-state index contributed by atoms with van der Waals surface area (Å²) in [4.78, 5) is 0. The van der Waals surface area contributed by atoms with Crippen LogP contribution in [0.5, 0.6) is 0 Å². The summed E-state index contributed by atoms with van der Waals surface area (Å²) in [5, 5.41) is 0. The van der Waals surface area contributed by atoms with Gasteiger partial charge in [-0.3, -0.25) is 0 Å². The highest BCUT2D eigenvalue weighted by molar-refractivity contribution is 6.17. The molecule has 1 rings (SSSR count). The first-order valence-electron chi connectivity index (χ1n) is 4.38. The lowest BCUT2D eigenvalue weighted by atomic mass is 10.1. The summed E-state index contributed by atoms with van der Waals surface area (Å²) in [5.74, 6) is 0.678. The molecule has 0 atom stereocenters. The van der Waals surface area contributed by atoms with Crippen molar-refractivity contribution in [3.05, 3.63) is 41.5 Å². The molecule has 0 unspecified atom stereocenters. The summed E-state index contributed by atoms with van der Waals surface area (Å²) in [6, 6.07) is 8.21. The van der Waals surface area contributed by atoms with Crippen LogP contribution in [0.4, 0.5) is 0 Å². The Balaban J connectivity index is 2.58. The van der Waals surface area contributed by atoms with Crippen LogP contribution in [0.25, 0.3) is 6.08 Å². The molecule has 1 nitrogen and oxygen atoms in total. The Morgan fingerprint density at radius 1 is 1.23 bits per heavy atom. The van der Waals surface area contributed by atoms with Gasteiger partial charge in [-0.05, 0) is 17.5 Å². The SMILES string of the molecule is NCc1ccc(C=CCCCl)cc1. The van der Waals surface area contributed by atoms with E-state index in [1.807, 2.05) is 12.1 Å². The van der Waals surface area contributed by atoms with E-state index in [4.69, 9.17) is 17.3 Å². The zero-order chi connectivity index (χ0) is 9.52. The molecule has 0 bridgehead atoms. The third-order valence-corrected chi connectivity index (χ3v) is 2.02. The minimum absolute atomic E-state index is 0.603. The maximum absolute atomic E-state index is 5.55. The van der Waals surface area contributed by atoms with Crippen molar-refractivity contribution in [3.8, 4) is 0 Å². The van der Waals surface area contributed by atoms with Crippen LogP contribution >= 0.6 is 11.6 Å². The first kappa shape index (κ1) is 10.3. The van der Waals surface area contributed by atoms with Crippen molar-refractivity contribution in [2.24, 2.45) is 5.73 Å². The minimum atomic E-state index is 0.603. The second-order valence-electron chi connectivity index (χ2n) is 2.83. The molecule has 70 valence electrons. The van der Waals surface area contributed by atoms with Crippen molar-refractivity contribution in [3.63, 3.8) is 0 Å². The average molecular weight is 196 g/mol. The first-order valence-corrected chi connectivity index (χ1v) is 4.92. The summed E-state index contributed by atoms with van der Waals surface area (Å²) < 4.78 is 0. The van der Waals surface area contributed by atoms with Crippen LogP contribution in [0.2, 0.25) is 0 Å². The van der Waals surface area contributed by atoms with E-state index in [-0.39, 0.29) is 0 Å². The third-order valence-electron chi connectivity index (χ3n) is 1.80. The number of rotatable bonds is 4. The largest absolute Gasteiger partial charge is 0.326 e. The molecule has 13 heavy (non-hydrogen) atoms. The smallest absolute Gasteiger partial charge is 0.0258 e. The summed E-state index contributed by atoms with van der Waals surface area (Å²) in [6.45, 7) is 0.603.